The van der Waals surface area contributed by atoms with Crippen molar-refractivity contribution in [3.8, 4) is 5.75 Å². The van der Waals surface area contributed by atoms with Crippen molar-refractivity contribution in [3.05, 3.63) is 94.3 Å². The molecule has 1 aromatic heterocycles. The van der Waals surface area contributed by atoms with Gasteiger partial charge in [-0.3, -0.25) is 9.59 Å². The Hall–Kier alpha value is -4.06. The minimum Gasteiger partial charge on any atom is -0.497 e. The third-order valence-corrected chi connectivity index (χ3v) is 6.96. The Morgan fingerprint density at radius 3 is 2.56 bits per heavy atom. The molecule has 2 aliphatic rings. The quantitative estimate of drug-likeness (QED) is 0.579. The van der Waals surface area contributed by atoms with Crippen molar-refractivity contribution in [2.45, 2.75) is 38.1 Å². The fourth-order valence-electron chi connectivity index (χ4n) is 5.03. The normalized spacial score (nSPS) is 17.9. The predicted octanol–water partition coefficient (Wildman–Crippen LogP) is 4.49. The van der Waals surface area contributed by atoms with Crippen LogP contribution in [0.2, 0.25) is 0 Å². The Morgan fingerprint density at radius 2 is 1.75 bits per heavy atom. The van der Waals surface area contributed by atoms with Gasteiger partial charge >= 0.3 is 0 Å². The largest absolute Gasteiger partial charge is 0.497 e. The number of allylic oxidation sites excluding steroid dienone is 2. The van der Waals surface area contributed by atoms with Crippen LogP contribution in [-0.4, -0.2) is 37.0 Å². The number of fused-ring (bicyclic) bond motifs is 5. The fourth-order valence-corrected chi connectivity index (χ4v) is 5.03. The highest BCUT2D eigenvalue weighted by Crippen LogP contribution is 2.28. The number of ether oxygens (including phenoxy) is 1. The molecule has 2 bridgehead atoms. The molecule has 36 heavy (non-hydrogen) atoms. The number of methoxy groups -OCH3 is 1. The molecule has 0 saturated carbocycles. The standard InChI is InChI=1S/C30H31N3O3/c1-33(22-13-15-23(36-2)16-14-22)30(35)28-18-21-9-5-7-20(17-21)8-6-12-27-25(19-29(34)32-28)24-10-3-4-11-26(24)31-27/h4-7,9,11-17,28,31H,3,8,10,18-19H2,1-2H3,(H,32,34)/b12-6-/t28-/m0/s1. The van der Waals surface area contributed by atoms with Crippen molar-refractivity contribution in [2.24, 2.45) is 0 Å². The van der Waals surface area contributed by atoms with Gasteiger partial charge in [-0.2, -0.15) is 0 Å². The van der Waals surface area contributed by atoms with E-state index in [4.69, 9.17) is 4.74 Å². The highest BCUT2D eigenvalue weighted by atomic mass is 16.5. The molecule has 184 valence electrons. The topological polar surface area (TPSA) is 74.4 Å². The number of carbonyl (C=O) groups is 2. The first-order chi connectivity index (χ1) is 17.5. The van der Waals surface area contributed by atoms with Crippen LogP contribution in [0, 0.1) is 0 Å². The summed E-state index contributed by atoms with van der Waals surface area (Å²) in [4.78, 5) is 32.1. The van der Waals surface area contributed by atoms with Crippen LogP contribution in [0.1, 0.15) is 40.1 Å². The van der Waals surface area contributed by atoms with Gasteiger partial charge in [0.15, 0.2) is 0 Å². The van der Waals surface area contributed by atoms with E-state index < -0.39 is 6.04 Å². The lowest BCUT2D eigenvalue weighted by Crippen LogP contribution is -2.49. The van der Waals surface area contributed by atoms with Crippen LogP contribution in [0.15, 0.2) is 60.7 Å². The van der Waals surface area contributed by atoms with Crippen LogP contribution in [0.4, 0.5) is 5.69 Å². The van der Waals surface area contributed by atoms with Crippen LogP contribution >= 0.6 is 0 Å². The monoisotopic (exact) mass is 481 g/mol. The zero-order valence-electron chi connectivity index (χ0n) is 20.7. The maximum Gasteiger partial charge on any atom is 0.249 e. The van der Waals surface area contributed by atoms with Crippen molar-refractivity contribution in [1.82, 2.24) is 10.3 Å². The van der Waals surface area contributed by atoms with E-state index in [1.165, 1.54) is 11.1 Å². The minimum atomic E-state index is -0.688. The van der Waals surface area contributed by atoms with Gasteiger partial charge in [-0.1, -0.05) is 36.4 Å². The second kappa shape index (κ2) is 10.3. The van der Waals surface area contributed by atoms with Crippen LogP contribution < -0.4 is 15.0 Å². The lowest BCUT2D eigenvalue weighted by molar-refractivity contribution is -0.127. The molecule has 5 rings (SSSR count). The number of rotatable bonds is 3. The number of hydrogen-bond acceptors (Lipinski definition) is 3. The zero-order valence-corrected chi connectivity index (χ0v) is 20.7. The average Bonchev–Trinajstić information content (AvgIpc) is 3.24. The molecule has 0 spiro atoms. The van der Waals surface area contributed by atoms with Crippen LogP contribution in [0.5, 0.6) is 5.75 Å². The van der Waals surface area contributed by atoms with E-state index >= 15 is 0 Å². The van der Waals surface area contributed by atoms with E-state index in [9.17, 15) is 9.59 Å². The third-order valence-electron chi connectivity index (χ3n) is 6.96. The number of amides is 2. The van der Waals surface area contributed by atoms with E-state index in [1.807, 2.05) is 36.4 Å². The van der Waals surface area contributed by atoms with Gasteiger partial charge in [0, 0.05) is 30.5 Å². The molecule has 6 nitrogen and oxygen atoms in total. The summed E-state index contributed by atoms with van der Waals surface area (Å²) in [7, 11) is 3.35. The molecule has 2 aromatic carbocycles. The van der Waals surface area contributed by atoms with E-state index in [1.54, 1.807) is 19.1 Å². The summed E-state index contributed by atoms with van der Waals surface area (Å²) in [5, 5.41) is 3.06. The number of hydrogen-bond donors (Lipinski definition) is 2. The van der Waals surface area contributed by atoms with Gasteiger partial charge < -0.3 is 19.9 Å². The van der Waals surface area contributed by atoms with Crippen molar-refractivity contribution in [1.29, 1.82) is 0 Å². The van der Waals surface area contributed by atoms with Crippen molar-refractivity contribution >= 4 is 29.7 Å². The summed E-state index contributed by atoms with van der Waals surface area (Å²) >= 11 is 0. The molecule has 1 atom stereocenters. The smallest absolute Gasteiger partial charge is 0.249 e. The molecule has 1 aliphatic heterocycles. The Labute approximate surface area is 211 Å². The molecule has 2 N–H and O–H groups in total. The van der Waals surface area contributed by atoms with Crippen LogP contribution in [0.3, 0.4) is 0 Å². The van der Waals surface area contributed by atoms with Gasteiger partial charge in [-0.25, -0.2) is 0 Å². The molecule has 0 fully saturated rings. The summed E-state index contributed by atoms with van der Waals surface area (Å²) < 4.78 is 5.24. The predicted molar refractivity (Wildman–Crippen MR) is 143 cm³/mol. The summed E-state index contributed by atoms with van der Waals surface area (Å²) in [6.45, 7) is 0. The summed E-state index contributed by atoms with van der Waals surface area (Å²) in [5.74, 6) is 0.407. The SMILES string of the molecule is COc1ccc(N(C)C(=O)[C@@H]2Cc3cccc(c3)C/C=C\c3[nH]c4c(c3CC(=O)N2)CCC=C4)cc1. The molecular weight excluding hydrogens is 450 g/mol. The van der Waals surface area contributed by atoms with Gasteiger partial charge in [0.2, 0.25) is 11.8 Å². The molecule has 1 aliphatic carbocycles. The minimum absolute atomic E-state index is 0.155. The molecule has 0 radical (unpaired) electrons. The first-order valence-electron chi connectivity index (χ1n) is 12.4. The molecule has 2 heterocycles. The Kier molecular flexibility index (Phi) is 6.76. The van der Waals surface area contributed by atoms with Gasteiger partial charge in [0.25, 0.3) is 0 Å². The average molecular weight is 482 g/mol. The summed E-state index contributed by atoms with van der Waals surface area (Å²) in [6, 6.07) is 14.9. The number of nitrogens with one attached hydrogen (secondary N) is 2. The van der Waals surface area contributed by atoms with Crippen molar-refractivity contribution in [2.75, 3.05) is 19.1 Å². The number of aromatic amines is 1. The highest BCUT2D eigenvalue weighted by Gasteiger charge is 2.27. The first-order valence-corrected chi connectivity index (χ1v) is 12.4. The number of nitrogens with zero attached hydrogens (tertiary/aromatic N) is 1. The summed E-state index contributed by atoms with van der Waals surface area (Å²) in [5.41, 5.74) is 7.18. The zero-order chi connectivity index (χ0) is 25.1. The lowest BCUT2D eigenvalue weighted by atomic mass is 9.96. The molecule has 2 amide bonds. The second-order valence-electron chi connectivity index (χ2n) is 9.37. The van der Waals surface area contributed by atoms with Crippen LogP contribution in [0.25, 0.3) is 12.2 Å². The van der Waals surface area contributed by atoms with Gasteiger partial charge in [-0.05, 0) is 77.9 Å². The molecule has 0 unspecified atom stereocenters. The molecule has 6 heteroatoms. The second-order valence-corrected chi connectivity index (χ2v) is 9.37. The maximum atomic E-state index is 13.7. The first kappa shape index (κ1) is 23.7. The fraction of sp³-hybridized carbons (Fsp3) is 0.267. The third kappa shape index (κ3) is 4.98. The van der Waals surface area contributed by atoms with Gasteiger partial charge in [-0.15, -0.1) is 0 Å². The number of carbonyl (C=O) groups excluding carboxylic acids is 2. The highest BCUT2D eigenvalue weighted by molar-refractivity contribution is 5.99. The number of anilines is 1. The van der Waals surface area contributed by atoms with E-state index in [-0.39, 0.29) is 18.2 Å². The number of H-pyrrole nitrogens is 1. The molecule has 0 saturated heterocycles. The van der Waals surface area contributed by atoms with E-state index in [2.05, 4.69) is 46.7 Å². The van der Waals surface area contributed by atoms with E-state index in [0.717, 1.165) is 53.2 Å². The molecular formula is C30H31N3O3. The van der Waals surface area contributed by atoms with Gasteiger partial charge in [0.1, 0.15) is 11.8 Å². The Balaban J connectivity index is 1.48. The summed E-state index contributed by atoms with van der Waals surface area (Å²) in [6.07, 6.45) is 11.8. The number of likely N-dealkylation sites (N-methyl/N-ethyl adjacent to an activating group) is 1. The Bertz CT molecular complexity index is 1330. The van der Waals surface area contributed by atoms with Gasteiger partial charge in [0.05, 0.1) is 13.5 Å². The van der Waals surface area contributed by atoms with Crippen molar-refractivity contribution < 1.29 is 14.3 Å². The maximum absolute atomic E-state index is 13.7. The number of aromatic nitrogens is 1. The van der Waals surface area contributed by atoms with E-state index in [0.29, 0.717) is 6.42 Å². The lowest BCUT2D eigenvalue weighted by Gasteiger charge is -2.25. The molecule has 3 aromatic rings. The van der Waals surface area contributed by atoms with Crippen molar-refractivity contribution in [3.63, 3.8) is 0 Å². The Morgan fingerprint density at radius 1 is 1.00 bits per heavy atom. The number of benzene rings is 2. The van der Waals surface area contributed by atoms with Crippen LogP contribution in [-0.2, 0) is 35.3 Å².